The highest BCUT2D eigenvalue weighted by atomic mass is 79.9. The number of halogens is 2. The molecule has 0 fully saturated rings. The summed E-state index contributed by atoms with van der Waals surface area (Å²) in [6.45, 7) is -0.273. The van der Waals surface area contributed by atoms with Crippen molar-refractivity contribution in [1.82, 2.24) is 0 Å². The van der Waals surface area contributed by atoms with Crippen molar-refractivity contribution >= 4 is 39.2 Å². The highest BCUT2D eigenvalue weighted by Gasteiger charge is 2.15. The summed E-state index contributed by atoms with van der Waals surface area (Å²) < 4.78 is 5.51. The normalized spacial score (nSPS) is 11.9. The van der Waals surface area contributed by atoms with Crippen molar-refractivity contribution in [3.63, 3.8) is 0 Å². The van der Waals surface area contributed by atoms with Crippen LogP contribution < -0.4 is 4.74 Å². The van der Waals surface area contributed by atoms with E-state index in [4.69, 9.17) is 21.4 Å². The van der Waals surface area contributed by atoms with Gasteiger partial charge in [-0.1, -0.05) is 15.9 Å². The molecule has 1 N–H and O–H groups in total. The molecule has 0 radical (unpaired) electrons. The number of carbonyl (C=O) groups is 1. The lowest BCUT2D eigenvalue weighted by Crippen LogP contribution is -2.21. The summed E-state index contributed by atoms with van der Waals surface area (Å²) in [5, 5.41) is 17.9. The summed E-state index contributed by atoms with van der Waals surface area (Å²) in [5.41, 5.74) is -0.157. The van der Waals surface area contributed by atoms with Gasteiger partial charge in [0.05, 0.1) is 11.0 Å². The highest BCUT2D eigenvalue weighted by molar-refractivity contribution is 9.10. The Balaban J connectivity index is 2.78. The van der Waals surface area contributed by atoms with Gasteiger partial charge in [0.1, 0.15) is 12.4 Å². The Morgan fingerprint density at radius 2 is 2.24 bits per heavy atom. The van der Waals surface area contributed by atoms with E-state index in [1.165, 1.54) is 18.2 Å². The van der Waals surface area contributed by atoms with Gasteiger partial charge in [-0.25, -0.2) is 0 Å². The van der Waals surface area contributed by atoms with Gasteiger partial charge < -0.3 is 9.84 Å². The molecular weight excluding hydrogens is 317 g/mol. The molecule has 1 rings (SSSR count). The Morgan fingerprint density at radius 1 is 1.59 bits per heavy atom. The van der Waals surface area contributed by atoms with Gasteiger partial charge in [0, 0.05) is 10.5 Å². The minimum atomic E-state index is -1.21. The topological polar surface area (TPSA) is 89.7 Å². The van der Waals surface area contributed by atoms with Crippen molar-refractivity contribution in [2.45, 2.75) is 5.38 Å². The second-order valence-corrected chi connectivity index (χ2v) is 4.46. The van der Waals surface area contributed by atoms with Crippen LogP contribution in [-0.2, 0) is 4.79 Å². The largest absolute Gasteiger partial charge is 0.491 e. The Labute approximate surface area is 109 Å². The summed E-state index contributed by atoms with van der Waals surface area (Å²) in [7, 11) is 0. The van der Waals surface area contributed by atoms with Crippen LogP contribution in [0.4, 0.5) is 5.69 Å². The molecule has 0 aliphatic carbocycles. The number of ether oxygens (including phenoxy) is 1. The van der Waals surface area contributed by atoms with Gasteiger partial charge in [0.25, 0.3) is 5.69 Å². The summed E-state index contributed by atoms with van der Waals surface area (Å²) in [4.78, 5) is 20.4. The number of carboxylic acids is 1. The summed E-state index contributed by atoms with van der Waals surface area (Å²) in [6, 6.07) is 3.98. The molecule has 1 aromatic carbocycles. The maximum atomic E-state index is 10.6. The molecule has 8 heteroatoms. The smallest absolute Gasteiger partial charge is 0.325 e. The lowest BCUT2D eigenvalue weighted by atomic mass is 10.3. The van der Waals surface area contributed by atoms with Gasteiger partial charge in [0.2, 0.25) is 0 Å². The molecule has 0 spiro atoms. The lowest BCUT2D eigenvalue weighted by Gasteiger charge is -2.08. The fourth-order valence-corrected chi connectivity index (χ4v) is 1.50. The van der Waals surface area contributed by atoms with E-state index in [-0.39, 0.29) is 18.0 Å². The van der Waals surface area contributed by atoms with Crippen LogP contribution in [0.1, 0.15) is 0 Å². The molecule has 1 unspecified atom stereocenters. The Bertz CT molecular complexity index is 453. The van der Waals surface area contributed by atoms with Crippen molar-refractivity contribution in [2.24, 2.45) is 0 Å². The van der Waals surface area contributed by atoms with Gasteiger partial charge in [-0.3, -0.25) is 14.9 Å². The number of nitro groups is 1. The van der Waals surface area contributed by atoms with Crippen LogP contribution in [0.5, 0.6) is 5.75 Å². The molecule has 0 aliphatic heterocycles. The van der Waals surface area contributed by atoms with E-state index in [9.17, 15) is 14.9 Å². The van der Waals surface area contributed by atoms with Gasteiger partial charge in [0.15, 0.2) is 5.38 Å². The van der Waals surface area contributed by atoms with E-state index in [1.807, 2.05) is 0 Å². The number of benzene rings is 1. The zero-order chi connectivity index (χ0) is 13.0. The number of rotatable bonds is 5. The van der Waals surface area contributed by atoms with Gasteiger partial charge in [-0.15, -0.1) is 11.6 Å². The molecular formula is C9H7BrClNO5. The van der Waals surface area contributed by atoms with Crippen molar-refractivity contribution in [3.8, 4) is 5.75 Å². The molecule has 0 aromatic heterocycles. The number of alkyl halides is 1. The molecule has 6 nitrogen and oxygen atoms in total. The third kappa shape index (κ3) is 4.20. The molecule has 0 amide bonds. The predicted molar refractivity (Wildman–Crippen MR) is 63.6 cm³/mol. The second-order valence-electron chi connectivity index (χ2n) is 3.02. The number of hydrogen-bond acceptors (Lipinski definition) is 4. The average molecular weight is 325 g/mol. The quantitative estimate of drug-likeness (QED) is 0.510. The zero-order valence-corrected chi connectivity index (χ0v) is 10.6. The number of nitro benzene ring substituents is 1. The maximum Gasteiger partial charge on any atom is 0.325 e. The number of hydrogen-bond donors (Lipinski definition) is 1. The molecule has 0 bridgehead atoms. The number of nitrogens with zero attached hydrogens (tertiary/aromatic N) is 1. The Hall–Kier alpha value is -1.34. The molecule has 17 heavy (non-hydrogen) atoms. The molecule has 1 atom stereocenters. The highest BCUT2D eigenvalue weighted by Crippen LogP contribution is 2.26. The predicted octanol–water partition coefficient (Wildman–Crippen LogP) is 2.43. The fourth-order valence-electron chi connectivity index (χ4n) is 0.977. The lowest BCUT2D eigenvalue weighted by molar-refractivity contribution is -0.385. The number of aliphatic carboxylic acids is 1. The summed E-state index contributed by atoms with van der Waals surface area (Å²) in [6.07, 6.45) is 0. The van der Waals surface area contributed by atoms with E-state index < -0.39 is 16.3 Å². The van der Waals surface area contributed by atoms with Crippen LogP contribution in [0.15, 0.2) is 22.7 Å². The average Bonchev–Trinajstić information content (AvgIpc) is 2.24. The van der Waals surface area contributed by atoms with Gasteiger partial charge in [-0.2, -0.15) is 0 Å². The molecule has 1 aromatic rings. The van der Waals surface area contributed by atoms with Gasteiger partial charge >= 0.3 is 5.97 Å². The maximum absolute atomic E-state index is 10.6. The SMILES string of the molecule is O=C(O)C(Cl)COc1cc(Br)cc([N+](=O)[O-])c1. The molecule has 0 saturated carbocycles. The molecule has 0 saturated heterocycles. The van der Waals surface area contributed by atoms with E-state index in [2.05, 4.69) is 15.9 Å². The number of non-ortho nitro benzene ring substituents is 1. The third-order valence-corrected chi connectivity index (χ3v) is 2.50. The molecule has 0 heterocycles. The Morgan fingerprint density at radius 3 is 2.76 bits per heavy atom. The van der Waals surface area contributed by atoms with Crippen LogP contribution in [-0.4, -0.2) is 28.0 Å². The van der Waals surface area contributed by atoms with Crippen LogP contribution in [0.2, 0.25) is 0 Å². The monoisotopic (exact) mass is 323 g/mol. The van der Waals surface area contributed by atoms with E-state index in [1.54, 1.807) is 0 Å². The first kappa shape index (κ1) is 13.7. The van der Waals surface area contributed by atoms with Crippen molar-refractivity contribution < 1.29 is 19.6 Å². The van der Waals surface area contributed by atoms with E-state index in [0.717, 1.165) is 0 Å². The zero-order valence-electron chi connectivity index (χ0n) is 8.30. The minimum Gasteiger partial charge on any atom is -0.491 e. The standard InChI is InChI=1S/C9H7BrClNO5/c10-5-1-6(12(15)16)3-7(2-5)17-4-8(11)9(13)14/h1-3,8H,4H2,(H,13,14). The van der Waals surface area contributed by atoms with Crippen LogP contribution >= 0.6 is 27.5 Å². The summed E-state index contributed by atoms with van der Waals surface area (Å²) in [5.74, 6) is -1.03. The first-order valence-corrected chi connectivity index (χ1v) is 5.57. The minimum absolute atomic E-state index is 0.157. The van der Waals surface area contributed by atoms with Crippen molar-refractivity contribution in [2.75, 3.05) is 6.61 Å². The van der Waals surface area contributed by atoms with Crippen LogP contribution in [0.25, 0.3) is 0 Å². The number of carboxylic acid groups (broad SMARTS) is 1. The fraction of sp³-hybridized carbons (Fsp3) is 0.222. The van der Waals surface area contributed by atoms with Crippen LogP contribution in [0, 0.1) is 10.1 Å². The molecule has 92 valence electrons. The van der Waals surface area contributed by atoms with Crippen LogP contribution in [0.3, 0.4) is 0 Å². The Kier molecular flexibility index (Phi) is 4.71. The second kappa shape index (κ2) is 5.83. The third-order valence-electron chi connectivity index (χ3n) is 1.73. The first-order valence-electron chi connectivity index (χ1n) is 4.35. The summed E-state index contributed by atoms with van der Waals surface area (Å²) >= 11 is 8.52. The first-order chi connectivity index (χ1) is 7.90. The van der Waals surface area contributed by atoms with Crippen molar-refractivity contribution in [3.05, 3.63) is 32.8 Å². The van der Waals surface area contributed by atoms with E-state index >= 15 is 0 Å². The van der Waals surface area contributed by atoms with Gasteiger partial charge in [-0.05, 0) is 6.07 Å². The molecule has 0 aliphatic rings. The van der Waals surface area contributed by atoms with Crippen molar-refractivity contribution in [1.29, 1.82) is 0 Å². The van der Waals surface area contributed by atoms with E-state index in [0.29, 0.717) is 4.47 Å².